The Kier molecular flexibility index (Phi) is 7.26. The Morgan fingerprint density at radius 3 is 1.79 bits per heavy atom. The summed E-state index contributed by atoms with van der Waals surface area (Å²) in [5.74, 6) is -0.0861. The highest BCUT2D eigenvalue weighted by atomic mass is 32.2. The van der Waals surface area contributed by atoms with Crippen LogP contribution >= 0.6 is 0 Å². The molecule has 1 amide bonds. The number of hydrogen-bond donors (Lipinski definition) is 0. The largest absolute Gasteiger partial charge is 0.334 e. The highest BCUT2D eigenvalue weighted by Crippen LogP contribution is 2.26. The molecule has 4 rings (SSSR count). The van der Waals surface area contributed by atoms with Crippen LogP contribution in [-0.2, 0) is 27.9 Å². The Labute approximate surface area is 196 Å². The van der Waals surface area contributed by atoms with Crippen molar-refractivity contribution in [3.05, 3.63) is 102 Å². The average molecular weight is 463 g/mol. The molecule has 3 aromatic carbocycles. The number of sulfonamides is 1. The summed E-state index contributed by atoms with van der Waals surface area (Å²) in [6.45, 7) is 3.73. The van der Waals surface area contributed by atoms with Gasteiger partial charge in [0.1, 0.15) is 0 Å². The van der Waals surface area contributed by atoms with Gasteiger partial charge in [0.2, 0.25) is 15.9 Å². The molecule has 33 heavy (non-hydrogen) atoms. The highest BCUT2D eigenvalue weighted by molar-refractivity contribution is 7.89. The predicted molar refractivity (Wildman–Crippen MR) is 130 cm³/mol. The van der Waals surface area contributed by atoms with Crippen molar-refractivity contribution in [2.24, 2.45) is 5.92 Å². The molecule has 0 unspecified atom stereocenters. The quantitative estimate of drug-likeness (QED) is 0.515. The number of hydrogen-bond acceptors (Lipinski definition) is 3. The van der Waals surface area contributed by atoms with E-state index in [1.807, 2.05) is 84.6 Å². The van der Waals surface area contributed by atoms with E-state index in [0.717, 1.165) is 16.7 Å². The van der Waals surface area contributed by atoms with Crippen molar-refractivity contribution >= 4 is 15.9 Å². The van der Waals surface area contributed by atoms with Crippen LogP contribution in [0.3, 0.4) is 0 Å². The number of nitrogens with zero attached hydrogens (tertiary/aromatic N) is 2. The molecule has 0 N–H and O–H groups in total. The van der Waals surface area contributed by atoms with Crippen molar-refractivity contribution in [3.63, 3.8) is 0 Å². The zero-order valence-corrected chi connectivity index (χ0v) is 19.7. The summed E-state index contributed by atoms with van der Waals surface area (Å²) in [7, 11) is -3.54. The predicted octanol–water partition coefficient (Wildman–Crippen LogP) is 4.62. The van der Waals surface area contributed by atoms with Gasteiger partial charge in [-0.2, -0.15) is 4.31 Å². The number of carbonyl (C=O) groups is 1. The molecule has 1 saturated heterocycles. The molecule has 1 aliphatic heterocycles. The van der Waals surface area contributed by atoms with Crippen molar-refractivity contribution in [3.8, 4) is 0 Å². The smallest absolute Gasteiger partial charge is 0.243 e. The Morgan fingerprint density at radius 2 is 1.30 bits per heavy atom. The fourth-order valence-electron chi connectivity index (χ4n) is 4.28. The molecule has 0 saturated carbocycles. The van der Waals surface area contributed by atoms with Crippen LogP contribution in [0.1, 0.15) is 29.5 Å². The minimum atomic E-state index is -3.54. The first-order valence-electron chi connectivity index (χ1n) is 11.4. The maximum Gasteiger partial charge on any atom is 0.243 e. The minimum absolute atomic E-state index is 0.0927. The third-order valence-corrected chi connectivity index (χ3v) is 8.12. The van der Waals surface area contributed by atoms with Crippen LogP contribution in [-0.4, -0.2) is 36.6 Å². The van der Waals surface area contributed by atoms with Crippen LogP contribution in [0.5, 0.6) is 0 Å². The van der Waals surface area contributed by atoms with E-state index in [1.165, 1.54) is 4.31 Å². The van der Waals surface area contributed by atoms with Gasteiger partial charge in [0, 0.05) is 32.1 Å². The highest BCUT2D eigenvalue weighted by Gasteiger charge is 2.33. The maximum atomic E-state index is 13.5. The second kappa shape index (κ2) is 10.3. The summed E-state index contributed by atoms with van der Waals surface area (Å²) in [6, 6.07) is 26.9. The molecule has 6 heteroatoms. The van der Waals surface area contributed by atoms with Crippen molar-refractivity contribution in [2.75, 3.05) is 13.1 Å². The van der Waals surface area contributed by atoms with Gasteiger partial charge in [-0.1, -0.05) is 78.4 Å². The number of piperidine rings is 1. The van der Waals surface area contributed by atoms with Gasteiger partial charge in [-0.05, 0) is 43.0 Å². The van der Waals surface area contributed by atoms with Gasteiger partial charge in [-0.15, -0.1) is 0 Å². The van der Waals surface area contributed by atoms with Gasteiger partial charge >= 0.3 is 0 Å². The number of amides is 1. The van der Waals surface area contributed by atoms with Crippen molar-refractivity contribution in [2.45, 2.75) is 37.8 Å². The van der Waals surface area contributed by atoms with Crippen LogP contribution < -0.4 is 0 Å². The Morgan fingerprint density at radius 1 is 0.818 bits per heavy atom. The summed E-state index contributed by atoms with van der Waals surface area (Å²) in [4.78, 5) is 15.7. The van der Waals surface area contributed by atoms with Crippen LogP contribution in [0.25, 0.3) is 0 Å². The van der Waals surface area contributed by atoms with E-state index >= 15 is 0 Å². The first-order chi connectivity index (χ1) is 15.9. The third kappa shape index (κ3) is 5.70. The average Bonchev–Trinajstić information content (AvgIpc) is 2.85. The van der Waals surface area contributed by atoms with Gasteiger partial charge in [-0.25, -0.2) is 8.42 Å². The van der Waals surface area contributed by atoms with Crippen LogP contribution in [0.4, 0.5) is 0 Å². The molecule has 1 heterocycles. The summed E-state index contributed by atoms with van der Waals surface area (Å²) >= 11 is 0. The molecule has 3 aromatic rings. The molecule has 0 aromatic heterocycles. The van der Waals surface area contributed by atoms with E-state index < -0.39 is 10.0 Å². The SMILES string of the molecule is Cc1ccc(S(=O)(=O)N2CCC(C(=O)N(Cc3ccccc3)Cc3ccccc3)CC2)cc1. The first-order valence-corrected chi connectivity index (χ1v) is 12.8. The molecule has 0 aliphatic carbocycles. The van der Waals surface area contributed by atoms with Crippen LogP contribution in [0.15, 0.2) is 89.8 Å². The van der Waals surface area contributed by atoms with E-state index in [4.69, 9.17) is 0 Å². The Balaban J connectivity index is 1.45. The lowest BCUT2D eigenvalue weighted by Crippen LogP contribution is -2.44. The van der Waals surface area contributed by atoms with E-state index in [0.29, 0.717) is 43.9 Å². The lowest BCUT2D eigenvalue weighted by atomic mass is 9.96. The van der Waals surface area contributed by atoms with E-state index in [-0.39, 0.29) is 11.8 Å². The second-order valence-corrected chi connectivity index (χ2v) is 10.6. The molecule has 0 spiro atoms. The van der Waals surface area contributed by atoms with Crippen LogP contribution in [0.2, 0.25) is 0 Å². The molecule has 172 valence electrons. The number of rotatable bonds is 7. The topological polar surface area (TPSA) is 57.7 Å². The number of aryl methyl sites for hydroxylation is 1. The van der Waals surface area contributed by atoms with E-state index in [2.05, 4.69) is 0 Å². The fraction of sp³-hybridized carbons (Fsp3) is 0.296. The molecule has 1 fully saturated rings. The molecule has 1 aliphatic rings. The summed E-state index contributed by atoms with van der Waals surface area (Å²) < 4.78 is 27.6. The minimum Gasteiger partial charge on any atom is -0.334 e. The summed E-state index contributed by atoms with van der Waals surface area (Å²) in [5.41, 5.74) is 3.19. The van der Waals surface area contributed by atoms with E-state index in [9.17, 15) is 13.2 Å². The summed E-state index contributed by atoms with van der Waals surface area (Å²) in [6.07, 6.45) is 1.06. The van der Waals surface area contributed by atoms with Crippen molar-refractivity contribution in [1.29, 1.82) is 0 Å². The molecular formula is C27H30N2O3S. The van der Waals surface area contributed by atoms with Crippen LogP contribution in [0, 0.1) is 12.8 Å². The number of carbonyl (C=O) groups excluding carboxylic acids is 1. The first kappa shape index (κ1) is 23.2. The van der Waals surface area contributed by atoms with E-state index in [1.54, 1.807) is 12.1 Å². The van der Waals surface area contributed by atoms with Crippen molar-refractivity contribution in [1.82, 2.24) is 9.21 Å². The fourth-order valence-corrected chi connectivity index (χ4v) is 5.75. The van der Waals surface area contributed by atoms with Gasteiger partial charge < -0.3 is 4.90 Å². The normalized spacial score (nSPS) is 15.3. The third-order valence-electron chi connectivity index (χ3n) is 6.21. The zero-order chi connectivity index (χ0) is 23.3. The Bertz CT molecular complexity index is 1110. The molecular weight excluding hydrogens is 432 g/mol. The van der Waals surface area contributed by atoms with Gasteiger partial charge in [-0.3, -0.25) is 4.79 Å². The Hall–Kier alpha value is -2.96. The lowest BCUT2D eigenvalue weighted by molar-refractivity contribution is -0.138. The molecule has 0 bridgehead atoms. The molecule has 5 nitrogen and oxygen atoms in total. The number of benzene rings is 3. The van der Waals surface area contributed by atoms with Crippen molar-refractivity contribution < 1.29 is 13.2 Å². The second-order valence-electron chi connectivity index (χ2n) is 8.66. The van der Waals surface area contributed by atoms with Gasteiger partial charge in [0.15, 0.2) is 0 Å². The zero-order valence-electron chi connectivity index (χ0n) is 18.9. The molecule has 0 atom stereocenters. The lowest BCUT2D eigenvalue weighted by Gasteiger charge is -2.34. The maximum absolute atomic E-state index is 13.5. The monoisotopic (exact) mass is 462 g/mol. The van der Waals surface area contributed by atoms with Gasteiger partial charge in [0.05, 0.1) is 4.90 Å². The molecule has 0 radical (unpaired) electrons. The summed E-state index contributed by atoms with van der Waals surface area (Å²) in [5, 5.41) is 0. The standard InChI is InChI=1S/C27H30N2O3S/c1-22-12-14-26(15-13-22)33(31,32)29-18-16-25(17-19-29)27(30)28(20-23-8-4-2-5-9-23)21-24-10-6-3-7-11-24/h2-15,25H,16-21H2,1H3. The van der Waals surface area contributed by atoms with Gasteiger partial charge in [0.25, 0.3) is 0 Å².